The summed E-state index contributed by atoms with van der Waals surface area (Å²) in [5.74, 6) is -0.310. The van der Waals surface area contributed by atoms with Crippen LogP contribution in [0.4, 0.5) is 0 Å². The number of esters is 1. The van der Waals surface area contributed by atoms with E-state index < -0.39 is 0 Å². The number of hydrogen-bond donors (Lipinski definition) is 0. The summed E-state index contributed by atoms with van der Waals surface area (Å²) in [6, 6.07) is 0. The van der Waals surface area contributed by atoms with Crippen LogP contribution in [0.15, 0.2) is 12.2 Å². The Morgan fingerprint density at radius 2 is 1.17 bits per heavy atom. The van der Waals surface area contributed by atoms with Crippen LogP contribution in [0.5, 0.6) is 0 Å². The molecule has 0 aromatic carbocycles. The molecule has 1 radical (unpaired) electrons. The fraction of sp³-hybridized carbons (Fsp3) is 0.810. The zero-order valence-electron chi connectivity index (χ0n) is 16.1. The molecule has 0 spiro atoms. The molecule has 143 valence electrons. The SMILES string of the molecule is C=C(C)C(=O)O[CH-]CCCCCCCCCCCCCCCC.[Os+]. The van der Waals surface area contributed by atoms with Crippen LogP contribution >= 0.6 is 0 Å². The van der Waals surface area contributed by atoms with Crippen molar-refractivity contribution in [3.63, 3.8) is 0 Å². The molecule has 2 nitrogen and oxygen atoms in total. The van der Waals surface area contributed by atoms with Crippen molar-refractivity contribution in [3.8, 4) is 0 Å². The van der Waals surface area contributed by atoms with E-state index in [2.05, 4.69) is 13.5 Å². The predicted molar refractivity (Wildman–Crippen MR) is 100 cm³/mol. The maximum absolute atomic E-state index is 11.1. The fourth-order valence-corrected chi connectivity index (χ4v) is 2.66. The van der Waals surface area contributed by atoms with Gasteiger partial charge in [0.05, 0.1) is 0 Å². The topological polar surface area (TPSA) is 26.3 Å². The van der Waals surface area contributed by atoms with E-state index in [1.54, 1.807) is 13.5 Å². The molecule has 0 N–H and O–H groups in total. The first kappa shape index (κ1) is 26.1. The van der Waals surface area contributed by atoms with E-state index >= 15 is 0 Å². The third-order valence-corrected chi connectivity index (χ3v) is 4.21. The Balaban J connectivity index is 0. The average molecular weight is 514 g/mol. The number of unbranched alkanes of at least 4 members (excludes halogenated alkanes) is 14. The summed E-state index contributed by atoms with van der Waals surface area (Å²) in [6.45, 7) is 9.12. The van der Waals surface area contributed by atoms with Gasteiger partial charge in [-0.2, -0.15) is 6.61 Å². The summed E-state index contributed by atoms with van der Waals surface area (Å²) < 4.78 is 4.95. The second kappa shape index (κ2) is 20.9. The van der Waals surface area contributed by atoms with Gasteiger partial charge in [0.1, 0.15) is 0 Å². The first-order valence-corrected chi connectivity index (χ1v) is 9.86. The van der Waals surface area contributed by atoms with Crippen molar-refractivity contribution in [1.82, 2.24) is 0 Å². The van der Waals surface area contributed by atoms with E-state index in [0.29, 0.717) is 5.57 Å². The second-order valence-corrected chi connectivity index (χ2v) is 6.74. The van der Waals surface area contributed by atoms with E-state index in [4.69, 9.17) is 4.74 Å². The molecule has 0 bridgehead atoms. The number of ether oxygens (including phenoxy) is 1. The van der Waals surface area contributed by atoms with Crippen LogP contribution in [0.1, 0.15) is 110 Å². The largest absolute Gasteiger partial charge is 1.00 e. The van der Waals surface area contributed by atoms with Gasteiger partial charge in [0, 0.05) is 5.57 Å². The number of rotatable bonds is 17. The van der Waals surface area contributed by atoms with Crippen LogP contribution < -0.4 is 0 Å². The van der Waals surface area contributed by atoms with Gasteiger partial charge in [-0.15, -0.1) is 6.42 Å². The Hall–Kier alpha value is -0.154. The molecule has 0 unspecified atom stereocenters. The van der Waals surface area contributed by atoms with Crippen molar-refractivity contribution in [3.05, 3.63) is 18.8 Å². The van der Waals surface area contributed by atoms with Crippen LogP contribution in [0, 0.1) is 6.61 Å². The minimum Gasteiger partial charge on any atom is -0.634 e. The summed E-state index contributed by atoms with van der Waals surface area (Å²) >= 11 is 0. The Labute approximate surface area is 164 Å². The summed E-state index contributed by atoms with van der Waals surface area (Å²) in [6.07, 6.45) is 20.0. The standard InChI is InChI=1S/C21H39O2.Os/c1-4-5-6-7-8-9-10-11-12-13-14-15-16-17-18-19-23-21(22)20(2)3;/h19H,2,4-18H2,1,3H3;/q-1;+1. The summed E-state index contributed by atoms with van der Waals surface area (Å²) in [4.78, 5) is 11.1. The molecule has 0 fully saturated rings. The van der Waals surface area contributed by atoms with Crippen molar-refractivity contribution >= 4 is 5.97 Å². The van der Waals surface area contributed by atoms with Crippen LogP contribution in [-0.2, 0) is 29.3 Å². The van der Waals surface area contributed by atoms with E-state index in [0.717, 1.165) is 12.8 Å². The molecule has 0 amide bonds. The average Bonchev–Trinajstić information content (AvgIpc) is 2.54. The predicted octanol–water partition coefficient (Wildman–Crippen LogP) is 7.14. The second-order valence-electron chi connectivity index (χ2n) is 6.74. The first-order chi connectivity index (χ1) is 11.2. The van der Waals surface area contributed by atoms with E-state index in [9.17, 15) is 4.79 Å². The molecule has 0 atom stereocenters. The molecule has 24 heavy (non-hydrogen) atoms. The molecular formula is C21H39O2Os. The van der Waals surface area contributed by atoms with Crippen molar-refractivity contribution < 1.29 is 29.3 Å². The van der Waals surface area contributed by atoms with Gasteiger partial charge in [-0.05, 0) is 6.92 Å². The van der Waals surface area contributed by atoms with Crippen LogP contribution in [-0.4, -0.2) is 5.97 Å². The molecule has 0 aromatic heterocycles. The zero-order valence-corrected chi connectivity index (χ0v) is 18.6. The van der Waals surface area contributed by atoms with Crippen LogP contribution in [0.3, 0.4) is 0 Å². The van der Waals surface area contributed by atoms with Gasteiger partial charge < -0.3 is 4.74 Å². The van der Waals surface area contributed by atoms with E-state index in [1.807, 2.05) is 0 Å². The summed E-state index contributed by atoms with van der Waals surface area (Å²) in [5.41, 5.74) is 0.460. The van der Waals surface area contributed by atoms with Gasteiger partial charge >= 0.3 is 25.8 Å². The molecule has 0 saturated heterocycles. The van der Waals surface area contributed by atoms with E-state index in [-0.39, 0.29) is 25.8 Å². The Bertz CT molecular complexity index is 290. The third-order valence-electron chi connectivity index (χ3n) is 4.21. The van der Waals surface area contributed by atoms with Gasteiger partial charge in [-0.1, -0.05) is 103 Å². The summed E-state index contributed by atoms with van der Waals surface area (Å²) in [7, 11) is 0. The fourth-order valence-electron chi connectivity index (χ4n) is 2.66. The van der Waals surface area contributed by atoms with Gasteiger partial charge in [0.2, 0.25) is 0 Å². The Morgan fingerprint density at radius 1 is 0.792 bits per heavy atom. The van der Waals surface area contributed by atoms with Gasteiger partial charge in [0.25, 0.3) is 0 Å². The number of carbonyl (C=O) groups excluding carboxylic acids is 1. The van der Waals surface area contributed by atoms with Gasteiger partial charge in [-0.3, -0.25) is 0 Å². The molecule has 0 aliphatic heterocycles. The smallest absolute Gasteiger partial charge is 0.634 e. The first-order valence-electron chi connectivity index (χ1n) is 9.86. The van der Waals surface area contributed by atoms with Gasteiger partial charge in [0.15, 0.2) is 0 Å². The quantitative estimate of drug-likeness (QED) is 0.0894. The minimum absolute atomic E-state index is 0. The molecule has 0 aliphatic carbocycles. The third kappa shape index (κ3) is 19.9. The molecule has 3 heteroatoms. The van der Waals surface area contributed by atoms with E-state index in [1.165, 1.54) is 83.5 Å². The minimum atomic E-state index is -0.310. The number of hydrogen-bond acceptors (Lipinski definition) is 2. The maximum atomic E-state index is 11.1. The maximum Gasteiger partial charge on any atom is 1.00 e. The van der Waals surface area contributed by atoms with Crippen LogP contribution in [0.25, 0.3) is 0 Å². The van der Waals surface area contributed by atoms with Crippen LogP contribution in [0.2, 0.25) is 0 Å². The molecule has 0 aromatic rings. The van der Waals surface area contributed by atoms with Crippen molar-refractivity contribution in [1.29, 1.82) is 0 Å². The zero-order chi connectivity index (χ0) is 17.2. The van der Waals surface area contributed by atoms with Crippen molar-refractivity contribution in [2.45, 2.75) is 110 Å². The number of carbonyl (C=O) groups is 1. The summed E-state index contributed by atoms with van der Waals surface area (Å²) in [5, 5.41) is 0. The van der Waals surface area contributed by atoms with Crippen molar-refractivity contribution in [2.75, 3.05) is 0 Å². The van der Waals surface area contributed by atoms with Gasteiger partial charge in [-0.25, -0.2) is 4.79 Å². The Kier molecular flexibility index (Phi) is 22.7. The Morgan fingerprint density at radius 3 is 1.54 bits per heavy atom. The van der Waals surface area contributed by atoms with Crippen molar-refractivity contribution in [2.24, 2.45) is 0 Å². The molecular weight excluding hydrogens is 474 g/mol. The normalized spacial score (nSPS) is 10.2. The monoisotopic (exact) mass is 515 g/mol. The molecule has 0 heterocycles. The molecule has 0 saturated carbocycles. The molecule has 0 aliphatic rings. The molecule has 0 rings (SSSR count).